The van der Waals surface area contributed by atoms with Gasteiger partial charge in [0.2, 0.25) is 5.16 Å². The fraction of sp³-hybridized carbons (Fsp3) is 0.0625. The molecular formula is C16H11ClF2N4S. The van der Waals surface area contributed by atoms with Crippen LogP contribution in [0.3, 0.4) is 0 Å². The van der Waals surface area contributed by atoms with Gasteiger partial charge in [-0.25, -0.2) is 8.78 Å². The molecule has 0 unspecified atom stereocenters. The van der Waals surface area contributed by atoms with Crippen molar-refractivity contribution in [2.24, 2.45) is 5.10 Å². The summed E-state index contributed by atoms with van der Waals surface area (Å²) in [6.07, 6.45) is 2.49. The van der Waals surface area contributed by atoms with Gasteiger partial charge in [0.05, 0.1) is 11.8 Å². The summed E-state index contributed by atoms with van der Waals surface area (Å²) in [4.78, 5) is 0. The van der Waals surface area contributed by atoms with Crippen LogP contribution < -0.4 is 0 Å². The van der Waals surface area contributed by atoms with Gasteiger partial charge in [0.25, 0.3) is 0 Å². The number of halogens is 3. The van der Waals surface area contributed by atoms with Gasteiger partial charge in [-0.05, 0) is 29.8 Å². The Morgan fingerprint density at radius 3 is 2.54 bits per heavy atom. The summed E-state index contributed by atoms with van der Waals surface area (Å²) >= 11 is 7.25. The molecule has 0 atom stereocenters. The van der Waals surface area contributed by atoms with E-state index in [0.29, 0.717) is 15.9 Å². The third-order valence-corrected chi connectivity index (χ3v) is 4.35. The van der Waals surface area contributed by atoms with Gasteiger partial charge in [-0.1, -0.05) is 41.6 Å². The molecule has 0 radical (unpaired) electrons. The average Bonchev–Trinajstić information content (AvgIpc) is 3.01. The molecule has 0 fully saturated rings. The maximum atomic E-state index is 13.6. The third-order valence-electron chi connectivity index (χ3n) is 3.09. The van der Waals surface area contributed by atoms with E-state index in [9.17, 15) is 8.78 Å². The quantitative estimate of drug-likeness (QED) is 0.498. The Balaban J connectivity index is 1.73. The van der Waals surface area contributed by atoms with Crippen LogP contribution in [-0.4, -0.2) is 21.1 Å². The minimum atomic E-state index is -0.679. The Labute approximate surface area is 146 Å². The first-order chi connectivity index (χ1) is 11.6. The van der Waals surface area contributed by atoms with E-state index >= 15 is 0 Å². The molecule has 0 N–H and O–H groups in total. The average molecular weight is 365 g/mol. The van der Waals surface area contributed by atoms with Crippen LogP contribution in [0.1, 0.15) is 11.1 Å². The molecule has 3 rings (SSSR count). The lowest BCUT2D eigenvalue weighted by Crippen LogP contribution is -1.97. The minimum absolute atomic E-state index is 0.208. The first-order valence-corrected chi connectivity index (χ1v) is 8.25. The van der Waals surface area contributed by atoms with Crippen LogP contribution in [-0.2, 0) is 5.75 Å². The number of hydrogen-bond donors (Lipinski definition) is 0. The fourth-order valence-electron chi connectivity index (χ4n) is 1.88. The molecular weight excluding hydrogens is 354 g/mol. The Bertz CT molecular complexity index is 845. The van der Waals surface area contributed by atoms with Crippen molar-refractivity contribution < 1.29 is 8.78 Å². The van der Waals surface area contributed by atoms with Crippen LogP contribution in [0.5, 0.6) is 0 Å². The van der Waals surface area contributed by atoms with Crippen LogP contribution in [0.4, 0.5) is 8.78 Å². The largest absolute Gasteiger partial charge is 0.212 e. The van der Waals surface area contributed by atoms with E-state index in [2.05, 4.69) is 15.3 Å². The predicted molar refractivity (Wildman–Crippen MR) is 90.4 cm³/mol. The van der Waals surface area contributed by atoms with Crippen LogP contribution in [0, 0.1) is 11.6 Å². The molecule has 0 aliphatic rings. The van der Waals surface area contributed by atoms with Crippen molar-refractivity contribution in [3.8, 4) is 0 Å². The third kappa shape index (κ3) is 3.98. The van der Waals surface area contributed by atoms with E-state index in [0.717, 1.165) is 11.8 Å². The number of thioether (sulfide) groups is 1. The summed E-state index contributed by atoms with van der Waals surface area (Å²) in [6.45, 7) is 0. The van der Waals surface area contributed by atoms with Gasteiger partial charge >= 0.3 is 0 Å². The smallest absolute Gasteiger partial charge is 0.206 e. The van der Waals surface area contributed by atoms with Gasteiger partial charge in [0.1, 0.15) is 18.0 Å². The maximum absolute atomic E-state index is 13.6. The topological polar surface area (TPSA) is 43.1 Å². The monoisotopic (exact) mass is 364 g/mol. The van der Waals surface area contributed by atoms with Crippen molar-refractivity contribution in [3.63, 3.8) is 0 Å². The SMILES string of the molecule is Fc1cccc(F)c1/C=N/n1cnnc1SCc1ccc(Cl)cc1. The van der Waals surface area contributed by atoms with Crippen LogP contribution in [0.2, 0.25) is 5.02 Å². The van der Waals surface area contributed by atoms with Gasteiger partial charge in [0, 0.05) is 10.8 Å². The van der Waals surface area contributed by atoms with Crippen molar-refractivity contribution in [1.82, 2.24) is 14.9 Å². The van der Waals surface area contributed by atoms with Gasteiger partial charge in [-0.3, -0.25) is 0 Å². The molecule has 4 nitrogen and oxygen atoms in total. The zero-order valence-corrected chi connectivity index (χ0v) is 13.8. The molecule has 0 saturated heterocycles. The molecule has 3 aromatic rings. The molecule has 2 aromatic carbocycles. The number of aromatic nitrogens is 3. The summed E-state index contributed by atoms with van der Waals surface area (Å²) in [5, 5.41) is 12.9. The molecule has 8 heteroatoms. The van der Waals surface area contributed by atoms with Crippen LogP contribution in [0.25, 0.3) is 0 Å². The molecule has 1 aromatic heterocycles. The predicted octanol–water partition coefficient (Wildman–Crippen LogP) is 4.38. The van der Waals surface area contributed by atoms with Crippen molar-refractivity contribution in [3.05, 3.63) is 76.6 Å². The minimum Gasteiger partial charge on any atom is -0.206 e. The highest BCUT2D eigenvalue weighted by Crippen LogP contribution is 2.21. The van der Waals surface area contributed by atoms with Crippen molar-refractivity contribution in [2.45, 2.75) is 10.9 Å². The Morgan fingerprint density at radius 2 is 1.83 bits per heavy atom. The van der Waals surface area contributed by atoms with E-state index < -0.39 is 11.6 Å². The van der Waals surface area contributed by atoms with Gasteiger partial charge < -0.3 is 0 Å². The van der Waals surface area contributed by atoms with Crippen LogP contribution in [0.15, 0.2) is 59.0 Å². The summed E-state index contributed by atoms with van der Waals surface area (Å²) in [5.74, 6) is -0.719. The van der Waals surface area contributed by atoms with Crippen molar-refractivity contribution in [1.29, 1.82) is 0 Å². The molecule has 0 saturated carbocycles. The lowest BCUT2D eigenvalue weighted by atomic mass is 10.2. The van der Waals surface area contributed by atoms with Gasteiger partial charge in [-0.15, -0.1) is 10.2 Å². The second-order valence-electron chi connectivity index (χ2n) is 4.75. The second kappa shape index (κ2) is 7.55. The summed E-state index contributed by atoms with van der Waals surface area (Å²) in [5.41, 5.74) is 0.850. The van der Waals surface area contributed by atoms with Crippen molar-refractivity contribution in [2.75, 3.05) is 0 Å². The molecule has 0 aliphatic carbocycles. The molecule has 0 amide bonds. The summed E-state index contributed by atoms with van der Waals surface area (Å²) in [7, 11) is 0. The zero-order chi connectivity index (χ0) is 16.9. The zero-order valence-electron chi connectivity index (χ0n) is 12.2. The van der Waals surface area contributed by atoms with Crippen molar-refractivity contribution >= 4 is 29.6 Å². The van der Waals surface area contributed by atoms with E-state index in [1.165, 1.54) is 41.0 Å². The highest BCUT2D eigenvalue weighted by molar-refractivity contribution is 7.98. The number of hydrogen-bond acceptors (Lipinski definition) is 4. The molecule has 24 heavy (non-hydrogen) atoms. The Morgan fingerprint density at radius 1 is 1.12 bits per heavy atom. The number of benzene rings is 2. The summed E-state index contributed by atoms with van der Waals surface area (Å²) in [6, 6.07) is 11.1. The Hall–Kier alpha value is -2.25. The van der Waals surface area contributed by atoms with E-state index in [-0.39, 0.29) is 5.56 Å². The van der Waals surface area contributed by atoms with Gasteiger partial charge in [0.15, 0.2) is 0 Å². The highest BCUT2D eigenvalue weighted by Gasteiger charge is 2.07. The van der Waals surface area contributed by atoms with Gasteiger partial charge in [-0.2, -0.15) is 9.78 Å². The second-order valence-corrected chi connectivity index (χ2v) is 6.13. The molecule has 0 aliphatic heterocycles. The van der Waals surface area contributed by atoms with Crippen LogP contribution >= 0.6 is 23.4 Å². The molecule has 122 valence electrons. The number of nitrogens with zero attached hydrogens (tertiary/aromatic N) is 4. The molecule has 0 bridgehead atoms. The van der Waals surface area contributed by atoms with E-state index in [4.69, 9.17) is 11.6 Å². The summed E-state index contributed by atoms with van der Waals surface area (Å²) < 4.78 is 28.6. The van der Waals surface area contributed by atoms with E-state index in [1.54, 1.807) is 12.1 Å². The standard InChI is InChI=1S/C16H11ClF2N4S/c17-12-6-4-11(5-7-12)9-24-16-22-20-10-23(16)21-8-13-14(18)2-1-3-15(13)19/h1-8,10H,9H2/b21-8+. The van der Waals surface area contributed by atoms with E-state index in [1.807, 2.05) is 12.1 Å². The molecule has 1 heterocycles. The maximum Gasteiger partial charge on any atom is 0.212 e. The first kappa shape index (κ1) is 16.6. The highest BCUT2D eigenvalue weighted by atomic mass is 35.5. The fourth-order valence-corrected chi connectivity index (χ4v) is 2.82. The lowest BCUT2D eigenvalue weighted by Gasteiger charge is -2.02. The normalized spacial score (nSPS) is 11.3. The number of rotatable bonds is 5. The molecule has 0 spiro atoms. The lowest BCUT2D eigenvalue weighted by molar-refractivity contribution is 0.579. The Kier molecular flexibility index (Phi) is 5.22. The first-order valence-electron chi connectivity index (χ1n) is 6.89.